The number of hydrogen-bond acceptors (Lipinski definition) is 5. The lowest BCUT2D eigenvalue weighted by molar-refractivity contribution is 0.0956. The van der Waals surface area contributed by atoms with E-state index < -0.39 is 0 Å². The number of aryl methyl sites for hydroxylation is 1. The van der Waals surface area contributed by atoms with Crippen molar-refractivity contribution >= 4 is 51.6 Å². The second-order valence-corrected chi connectivity index (χ2v) is 7.11. The highest BCUT2D eigenvalue weighted by Crippen LogP contribution is 2.32. The molecule has 0 bridgehead atoms. The van der Waals surface area contributed by atoms with E-state index >= 15 is 0 Å². The summed E-state index contributed by atoms with van der Waals surface area (Å²) in [6, 6.07) is 8.83. The Morgan fingerprint density at radius 3 is 2.83 bits per heavy atom. The third-order valence-electron chi connectivity index (χ3n) is 4.38. The fraction of sp³-hybridized carbons (Fsp3) is 0.158. The standard InChI is InChI=1S/C19H17Cl2N7O/c1-3-22-18(29)11-5-4-10(8-13(11)20)17-25-19(28(2)27-17)24-15-7-6-14-12(16(15)21)9-23-26-14/h4-9H,3H2,1-2H3,(H,22,29)(H,23,26)(H,24,25,27). The van der Waals surface area contributed by atoms with Crippen LogP contribution >= 0.6 is 23.2 Å². The van der Waals surface area contributed by atoms with Gasteiger partial charge in [-0.15, -0.1) is 5.10 Å². The number of amides is 1. The fourth-order valence-electron chi connectivity index (χ4n) is 2.91. The van der Waals surface area contributed by atoms with E-state index in [1.807, 2.05) is 19.1 Å². The van der Waals surface area contributed by atoms with Crippen LogP contribution in [0.4, 0.5) is 11.6 Å². The first-order valence-electron chi connectivity index (χ1n) is 8.85. The molecule has 1 amide bonds. The van der Waals surface area contributed by atoms with Gasteiger partial charge in [0.1, 0.15) is 0 Å². The second kappa shape index (κ2) is 7.73. The molecule has 2 heterocycles. The normalized spacial score (nSPS) is 11.0. The van der Waals surface area contributed by atoms with Gasteiger partial charge >= 0.3 is 0 Å². The summed E-state index contributed by atoms with van der Waals surface area (Å²) in [7, 11) is 1.77. The number of H-pyrrole nitrogens is 1. The van der Waals surface area contributed by atoms with Gasteiger partial charge in [0.05, 0.1) is 33.0 Å². The summed E-state index contributed by atoms with van der Waals surface area (Å²) >= 11 is 12.8. The lowest BCUT2D eigenvalue weighted by atomic mass is 10.1. The maximum absolute atomic E-state index is 12.0. The zero-order valence-corrected chi connectivity index (χ0v) is 17.1. The summed E-state index contributed by atoms with van der Waals surface area (Å²) in [5.41, 5.74) is 2.64. The van der Waals surface area contributed by atoms with Gasteiger partial charge in [-0.1, -0.05) is 29.3 Å². The van der Waals surface area contributed by atoms with Gasteiger partial charge in [0, 0.05) is 24.5 Å². The monoisotopic (exact) mass is 429 g/mol. The molecule has 2 aromatic carbocycles. The van der Waals surface area contributed by atoms with Crippen molar-refractivity contribution in [2.45, 2.75) is 6.92 Å². The van der Waals surface area contributed by atoms with Crippen LogP contribution in [0.5, 0.6) is 0 Å². The molecule has 0 atom stereocenters. The summed E-state index contributed by atoms with van der Waals surface area (Å²) < 4.78 is 1.61. The third-order valence-corrected chi connectivity index (χ3v) is 5.10. The first-order chi connectivity index (χ1) is 14.0. The molecule has 4 aromatic rings. The Balaban J connectivity index is 1.63. The first kappa shape index (κ1) is 19.2. The Hall–Kier alpha value is -3.10. The van der Waals surface area contributed by atoms with Crippen molar-refractivity contribution in [2.75, 3.05) is 11.9 Å². The maximum atomic E-state index is 12.0. The first-order valence-corrected chi connectivity index (χ1v) is 9.61. The smallest absolute Gasteiger partial charge is 0.252 e. The quantitative estimate of drug-likeness (QED) is 0.442. The van der Waals surface area contributed by atoms with E-state index in [0.29, 0.717) is 45.2 Å². The molecule has 2 aromatic heterocycles. The van der Waals surface area contributed by atoms with Gasteiger partial charge in [-0.25, -0.2) is 4.68 Å². The van der Waals surface area contributed by atoms with Crippen molar-refractivity contribution in [3.63, 3.8) is 0 Å². The number of hydrogen-bond donors (Lipinski definition) is 3. The van der Waals surface area contributed by atoms with Gasteiger partial charge in [-0.2, -0.15) is 10.1 Å². The molecule has 0 unspecified atom stereocenters. The Labute approximate surface area is 176 Å². The van der Waals surface area contributed by atoms with E-state index in [1.165, 1.54) is 0 Å². The van der Waals surface area contributed by atoms with Crippen LogP contribution in [0.3, 0.4) is 0 Å². The van der Waals surface area contributed by atoms with Crippen LogP contribution in [-0.4, -0.2) is 37.4 Å². The highest BCUT2D eigenvalue weighted by molar-refractivity contribution is 6.38. The molecule has 8 nitrogen and oxygen atoms in total. The van der Waals surface area contributed by atoms with Gasteiger partial charge in [-0.05, 0) is 31.2 Å². The number of rotatable bonds is 5. The van der Waals surface area contributed by atoms with Crippen molar-refractivity contribution in [1.82, 2.24) is 30.3 Å². The van der Waals surface area contributed by atoms with E-state index in [9.17, 15) is 4.79 Å². The molecule has 0 fully saturated rings. The predicted octanol–water partition coefficient (Wildman–Crippen LogP) is 4.16. The molecule has 3 N–H and O–H groups in total. The SMILES string of the molecule is CCNC(=O)c1ccc(-c2nc(Nc3ccc4[nH]ncc4c3Cl)n(C)n2)cc1Cl. The number of benzene rings is 2. The van der Waals surface area contributed by atoms with Crippen molar-refractivity contribution in [3.05, 3.63) is 52.1 Å². The summed E-state index contributed by atoms with van der Waals surface area (Å²) in [5, 5.41) is 18.9. The molecular formula is C19H17Cl2N7O. The second-order valence-electron chi connectivity index (χ2n) is 6.32. The van der Waals surface area contributed by atoms with E-state index in [2.05, 4.69) is 30.9 Å². The molecule has 0 radical (unpaired) electrons. The fourth-order valence-corrected chi connectivity index (χ4v) is 3.44. The maximum Gasteiger partial charge on any atom is 0.252 e. The van der Waals surface area contributed by atoms with E-state index in [1.54, 1.807) is 36.1 Å². The van der Waals surface area contributed by atoms with E-state index in [0.717, 1.165) is 10.9 Å². The predicted molar refractivity (Wildman–Crippen MR) is 114 cm³/mol. The topological polar surface area (TPSA) is 101 Å². The highest BCUT2D eigenvalue weighted by Gasteiger charge is 2.15. The number of carbonyl (C=O) groups is 1. The Morgan fingerprint density at radius 1 is 1.24 bits per heavy atom. The van der Waals surface area contributed by atoms with Crippen LogP contribution in [0.15, 0.2) is 36.5 Å². The summed E-state index contributed by atoms with van der Waals surface area (Å²) in [5.74, 6) is 0.762. The van der Waals surface area contributed by atoms with E-state index in [-0.39, 0.29) is 5.91 Å². The number of aromatic amines is 1. The van der Waals surface area contributed by atoms with Crippen molar-refractivity contribution in [2.24, 2.45) is 7.05 Å². The zero-order chi connectivity index (χ0) is 20.5. The lowest BCUT2D eigenvalue weighted by Gasteiger charge is -2.07. The van der Waals surface area contributed by atoms with Gasteiger partial charge in [-0.3, -0.25) is 9.89 Å². The number of halogens is 2. The Morgan fingerprint density at radius 2 is 2.07 bits per heavy atom. The number of anilines is 2. The van der Waals surface area contributed by atoms with Crippen LogP contribution < -0.4 is 10.6 Å². The van der Waals surface area contributed by atoms with Crippen LogP contribution in [0, 0.1) is 0 Å². The number of aromatic nitrogens is 5. The minimum atomic E-state index is -0.218. The lowest BCUT2D eigenvalue weighted by Crippen LogP contribution is -2.22. The molecule has 29 heavy (non-hydrogen) atoms. The van der Waals surface area contributed by atoms with Crippen LogP contribution in [-0.2, 0) is 7.05 Å². The molecule has 4 rings (SSSR count). The summed E-state index contributed by atoms with van der Waals surface area (Å²) in [6.07, 6.45) is 1.67. The molecule has 0 aliphatic carbocycles. The number of fused-ring (bicyclic) bond motifs is 1. The molecule has 0 saturated heterocycles. The van der Waals surface area contributed by atoms with Crippen molar-refractivity contribution in [1.29, 1.82) is 0 Å². The average Bonchev–Trinajstić information content (AvgIpc) is 3.31. The summed E-state index contributed by atoms with van der Waals surface area (Å²) in [4.78, 5) is 16.6. The van der Waals surface area contributed by atoms with Crippen LogP contribution in [0.25, 0.3) is 22.3 Å². The minimum Gasteiger partial charge on any atom is -0.352 e. The summed E-state index contributed by atoms with van der Waals surface area (Å²) in [6.45, 7) is 2.38. The molecule has 0 aliphatic heterocycles. The molecule has 0 saturated carbocycles. The van der Waals surface area contributed by atoms with Gasteiger partial charge < -0.3 is 10.6 Å². The molecule has 0 aliphatic rings. The molecule has 10 heteroatoms. The zero-order valence-electron chi connectivity index (χ0n) is 15.6. The van der Waals surface area contributed by atoms with Crippen molar-refractivity contribution < 1.29 is 4.79 Å². The number of carbonyl (C=O) groups excluding carboxylic acids is 1. The average molecular weight is 430 g/mol. The highest BCUT2D eigenvalue weighted by atomic mass is 35.5. The molecule has 0 spiro atoms. The van der Waals surface area contributed by atoms with Gasteiger partial charge in [0.15, 0.2) is 5.82 Å². The number of nitrogens with one attached hydrogen (secondary N) is 3. The van der Waals surface area contributed by atoms with Crippen LogP contribution in [0.1, 0.15) is 17.3 Å². The third kappa shape index (κ3) is 3.64. The van der Waals surface area contributed by atoms with Gasteiger partial charge in [0.25, 0.3) is 5.91 Å². The van der Waals surface area contributed by atoms with Crippen LogP contribution in [0.2, 0.25) is 10.0 Å². The Bertz CT molecular complexity index is 1210. The molecular weight excluding hydrogens is 413 g/mol. The van der Waals surface area contributed by atoms with Gasteiger partial charge in [0.2, 0.25) is 5.95 Å². The Kier molecular flexibility index (Phi) is 5.12. The number of nitrogens with zero attached hydrogens (tertiary/aromatic N) is 4. The molecule has 148 valence electrons. The van der Waals surface area contributed by atoms with E-state index in [4.69, 9.17) is 23.2 Å². The van der Waals surface area contributed by atoms with Crippen molar-refractivity contribution in [3.8, 4) is 11.4 Å². The minimum absolute atomic E-state index is 0.218. The largest absolute Gasteiger partial charge is 0.352 e.